The van der Waals surface area contributed by atoms with E-state index in [9.17, 15) is 4.79 Å². The van der Waals surface area contributed by atoms with E-state index in [-0.39, 0.29) is 11.9 Å². The minimum Gasteiger partial charge on any atom is -0.463 e. The van der Waals surface area contributed by atoms with Crippen LogP contribution in [0.3, 0.4) is 0 Å². The molecule has 1 amide bonds. The number of amides is 1. The van der Waals surface area contributed by atoms with E-state index < -0.39 is 0 Å². The van der Waals surface area contributed by atoms with Crippen LogP contribution in [0.2, 0.25) is 0 Å². The third-order valence-electron chi connectivity index (χ3n) is 5.31. The molecule has 0 aromatic carbocycles. The van der Waals surface area contributed by atoms with E-state index in [0.29, 0.717) is 35.1 Å². The second-order valence-electron chi connectivity index (χ2n) is 7.71. The lowest BCUT2D eigenvalue weighted by Gasteiger charge is -2.22. The molecule has 3 aromatic rings. The maximum Gasteiger partial charge on any atom is 0.252 e. The third-order valence-corrected chi connectivity index (χ3v) is 5.31. The predicted molar refractivity (Wildman–Crippen MR) is 108 cm³/mol. The molecule has 1 unspecified atom stereocenters. The Labute approximate surface area is 164 Å². The summed E-state index contributed by atoms with van der Waals surface area (Å²) in [5, 5.41) is 11.7. The number of nitrogens with one attached hydrogen (secondary N) is 2. The van der Waals surface area contributed by atoms with Gasteiger partial charge in [-0.25, -0.2) is 9.67 Å². The molecular weight excluding hydrogens is 354 g/mol. The van der Waals surface area contributed by atoms with Crippen LogP contribution >= 0.6 is 0 Å². The van der Waals surface area contributed by atoms with Crippen molar-refractivity contribution >= 4 is 16.9 Å². The van der Waals surface area contributed by atoms with E-state index in [1.807, 2.05) is 30.7 Å². The molecule has 7 heteroatoms. The zero-order chi connectivity index (χ0) is 19.5. The molecule has 1 aliphatic rings. The summed E-state index contributed by atoms with van der Waals surface area (Å²) in [7, 11) is 0. The van der Waals surface area contributed by atoms with E-state index in [1.165, 1.54) is 12.8 Å². The van der Waals surface area contributed by atoms with Crippen molar-refractivity contribution in [3.63, 3.8) is 0 Å². The standard InChI is InChI=1S/C21H27N5O2/c1-14(2)26-20-17(13-24-26)16(11-18(25-20)19-6-4-10-28-19)21(27)23-9-7-15-5-3-8-22-12-15/h4,6,10-11,13-15,22H,3,5,7-9,12H2,1-2H3,(H,23,27). The highest BCUT2D eigenvalue weighted by Crippen LogP contribution is 2.26. The molecule has 7 nitrogen and oxygen atoms in total. The molecular formula is C21H27N5O2. The Morgan fingerprint density at radius 1 is 1.46 bits per heavy atom. The lowest BCUT2D eigenvalue weighted by molar-refractivity contribution is 0.0952. The molecule has 2 N–H and O–H groups in total. The van der Waals surface area contributed by atoms with Gasteiger partial charge in [-0.15, -0.1) is 0 Å². The summed E-state index contributed by atoms with van der Waals surface area (Å²) in [4.78, 5) is 17.7. The molecule has 4 rings (SSSR count). The molecule has 0 radical (unpaired) electrons. The summed E-state index contributed by atoms with van der Waals surface area (Å²) in [6.07, 6.45) is 6.77. The van der Waals surface area contributed by atoms with Crippen LogP contribution in [0.15, 0.2) is 35.1 Å². The number of pyridine rings is 1. The number of fused-ring (bicyclic) bond motifs is 1. The van der Waals surface area contributed by atoms with Crippen LogP contribution in [-0.4, -0.2) is 40.3 Å². The molecule has 1 aliphatic heterocycles. The number of hydrogen-bond acceptors (Lipinski definition) is 5. The van der Waals surface area contributed by atoms with Crippen molar-refractivity contribution in [3.05, 3.63) is 36.2 Å². The highest BCUT2D eigenvalue weighted by Gasteiger charge is 2.20. The first-order chi connectivity index (χ1) is 13.6. The van der Waals surface area contributed by atoms with Gasteiger partial charge in [0.1, 0.15) is 5.69 Å². The molecule has 1 atom stereocenters. The third kappa shape index (κ3) is 3.80. The van der Waals surface area contributed by atoms with Gasteiger partial charge >= 0.3 is 0 Å². The van der Waals surface area contributed by atoms with Gasteiger partial charge in [-0.3, -0.25) is 4.79 Å². The van der Waals surface area contributed by atoms with Crippen LogP contribution in [0, 0.1) is 5.92 Å². The van der Waals surface area contributed by atoms with Crippen LogP contribution in [-0.2, 0) is 0 Å². The molecule has 148 valence electrons. The van der Waals surface area contributed by atoms with Crippen molar-refractivity contribution < 1.29 is 9.21 Å². The topological polar surface area (TPSA) is 85.0 Å². The summed E-state index contributed by atoms with van der Waals surface area (Å²) in [6.45, 7) is 6.91. The summed E-state index contributed by atoms with van der Waals surface area (Å²) >= 11 is 0. The quantitative estimate of drug-likeness (QED) is 0.684. The highest BCUT2D eigenvalue weighted by molar-refractivity contribution is 6.06. The summed E-state index contributed by atoms with van der Waals surface area (Å²) in [5.41, 5.74) is 1.93. The van der Waals surface area contributed by atoms with Crippen LogP contribution in [0.5, 0.6) is 0 Å². The average Bonchev–Trinajstić information content (AvgIpc) is 3.37. The fourth-order valence-electron chi connectivity index (χ4n) is 3.79. The monoisotopic (exact) mass is 381 g/mol. The minimum atomic E-state index is -0.0905. The lowest BCUT2D eigenvalue weighted by atomic mass is 9.96. The van der Waals surface area contributed by atoms with Gasteiger partial charge < -0.3 is 15.1 Å². The maximum atomic E-state index is 13.0. The summed E-state index contributed by atoms with van der Waals surface area (Å²) < 4.78 is 7.35. The highest BCUT2D eigenvalue weighted by atomic mass is 16.3. The Hall–Kier alpha value is -2.67. The van der Waals surface area contributed by atoms with Crippen molar-refractivity contribution in [3.8, 4) is 11.5 Å². The molecule has 1 saturated heterocycles. The summed E-state index contributed by atoms with van der Waals surface area (Å²) in [6, 6.07) is 5.61. The van der Waals surface area contributed by atoms with Crippen LogP contribution < -0.4 is 10.6 Å². The molecule has 3 aromatic heterocycles. The van der Waals surface area contributed by atoms with Gasteiger partial charge in [-0.1, -0.05) is 0 Å². The Morgan fingerprint density at radius 3 is 3.07 bits per heavy atom. The van der Waals surface area contributed by atoms with E-state index >= 15 is 0 Å². The van der Waals surface area contributed by atoms with Crippen LogP contribution in [0.4, 0.5) is 0 Å². The smallest absolute Gasteiger partial charge is 0.252 e. The van der Waals surface area contributed by atoms with Crippen molar-refractivity contribution in [1.29, 1.82) is 0 Å². The zero-order valence-electron chi connectivity index (χ0n) is 16.4. The van der Waals surface area contributed by atoms with Gasteiger partial charge in [-0.2, -0.15) is 5.10 Å². The van der Waals surface area contributed by atoms with Gasteiger partial charge in [0.25, 0.3) is 5.91 Å². The molecule has 0 aliphatic carbocycles. The Morgan fingerprint density at radius 2 is 2.36 bits per heavy atom. The zero-order valence-corrected chi connectivity index (χ0v) is 16.4. The fraction of sp³-hybridized carbons (Fsp3) is 0.476. The lowest BCUT2D eigenvalue weighted by Crippen LogP contribution is -2.33. The second-order valence-corrected chi connectivity index (χ2v) is 7.71. The fourth-order valence-corrected chi connectivity index (χ4v) is 3.79. The number of carbonyl (C=O) groups excluding carboxylic acids is 1. The number of hydrogen-bond donors (Lipinski definition) is 2. The first-order valence-electron chi connectivity index (χ1n) is 10.0. The molecule has 28 heavy (non-hydrogen) atoms. The first kappa shape index (κ1) is 18.7. The number of carbonyl (C=O) groups is 1. The van der Waals surface area contributed by atoms with E-state index in [0.717, 1.165) is 24.9 Å². The normalized spacial score (nSPS) is 17.3. The molecule has 1 fully saturated rings. The van der Waals surface area contributed by atoms with Crippen molar-refractivity contribution in [1.82, 2.24) is 25.4 Å². The second kappa shape index (κ2) is 8.14. The van der Waals surface area contributed by atoms with Crippen LogP contribution in [0.25, 0.3) is 22.5 Å². The van der Waals surface area contributed by atoms with Crippen molar-refractivity contribution in [2.75, 3.05) is 19.6 Å². The Balaban J connectivity index is 1.60. The molecule has 0 bridgehead atoms. The Bertz CT molecular complexity index is 939. The van der Waals surface area contributed by atoms with Crippen molar-refractivity contribution in [2.45, 2.75) is 39.2 Å². The van der Waals surface area contributed by atoms with E-state index in [1.54, 1.807) is 18.5 Å². The van der Waals surface area contributed by atoms with Crippen LogP contribution in [0.1, 0.15) is 49.5 Å². The van der Waals surface area contributed by atoms with Gasteiger partial charge in [0.15, 0.2) is 11.4 Å². The first-order valence-corrected chi connectivity index (χ1v) is 10.0. The van der Waals surface area contributed by atoms with E-state index in [2.05, 4.69) is 15.7 Å². The summed E-state index contributed by atoms with van der Waals surface area (Å²) in [5.74, 6) is 1.18. The van der Waals surface area contributed by atoms with Gasteiger partial charge in [0, 0.05) is 12.6 Å². The largest absolute Gasteiger partial charge is 0.463 e. The number of rotatable bonds is 6. The maximum absolute atomic E-state index is 13.0. The Kier molecular flexibility index (Phi) is 5.43. The van der Waals surface area contributed by atoms with Crippen molar-refractivity contribution in [2.24, 2.45) is 5.92 Å². The van der Waals surface area contributed by atoms with Gasteiger partial charge in [0.05, 0.1) is 23.4 Å². The number of aromatic nitrogens is 3. The van der Waals surface area contributed by atoms with Gasteiger partial charge in [0.2, 0.25) is 0 Å². The van der Waals surface area contributed by atoms with Gasteiger partial charge in [-0.05, 0) is 70.3 Å². The average molecular weight is 381 g/mol. The molecule has 0 saturated carbocycles. The number of piperidine rings is 1. The number of furan rings is 1. The number of nitrogens with zero attached hydrogens (tertiary/aromatic N) is 3. The SMILES string of the molecule is CC(C)n1ncc2c(C(=O)NCCC3CCCNC3)cc(-c3ccco3)nc21. The molecule has 0 spiro atoms. The predicted octanol–water partition coefficient (Wildman–Crippen LogP) is 3.39. The molecule has 4 heterocycles. The minimum absolute atomic E-state index is 0.0905. The van der Waals surface area contributed by atoms with E-state index in [4.69, 9.17) is 9.40 Å².